The molecule has 0 spiro atoms. The lowest BCUT2D eigenvalue weighted by Crippen LogP contribution is -2.20. The van der Waals surface area contributed by atoms with E-state index < -0.39 is 5.76 Å². The van der Waals surface area contributed by atoms with E-state index >= 15 is 0 Å². The van der Waals surface area contributed by atoms with Crippen molar-refractivity contribution in [1.29, 1.82) is 0 Å². The highest BCUT2D eigenvalue weighted by molar-refractivity contribution is 6.25. The van der Waals surface area contributed by atoms with Gasteiger partial charge in [0, 0.05) is 12.8 Å². The highest BCUT2D eigenvalue weighted by Crippen LogP contribution is 2.33. The van der Waals surface area contributed by atoms with Crippen molar-refractivity contribution in [2.75, 3.05) is 14.2 Å². The second-order valence-electron chi connectivity index (χ2n) is 6.26. The number of benzene rings is 1. The molecule has 8 nitrogen and oxygen atoms in total. The van der Waals surface area contributed by atoms with Crippen LogP contribution in [0.1, 0.15) is 30.4 Å². The molecule has 0 aliphatic heterocycles. The van der Waals surface area contributed by atoms with E-state index in [0.717, 1.165) is 5.56 Å². The lowest BCUT2D eigenvalue weighted by molar-refractivity contribution is -0.123. The lowest BCUT2D eigenvalue weighted by atomic mass is 9.89. The summed E-state index contributed by atoms with van der Waals surface area (Å²) in [5.74, 6) is -0.488. The van der Waals surface area contributed by atoms with Crippen LogP contribution in [0.15, 0.2) is 29.8 Å². The Kier molecular flexibility index (Phi) is 5.58. The van der Waals surface area contributed by atoms with E-state index in [2.05, 4.69) is 9.97 Å². The van der Waals surface area contributed by atoms with Crippen LogP contribution in [0.3, 0.4) is 0 Å². The average molecular weight is 384 g/mol. The summed E-state index contributed by atoms with van der Waals surface area (Å²) in [6.45, 7) is 1.84. The normalized spacial score (nSPS) is 14.0. The van der Waals surface area contributed by atoms with Crippen LogP contribution in [-0.4, -0.2) is 40.9 Å². The number of allylic oxidation sites excluding steroid dienone is 1. The summed E-state index contributed by atoms with van der Waals surface area (Å²) in [5.41, 5.74) is 0.853. The van der Waals surface area contributed by atoms with E-state index in [1.807, 2.05) is 6.92 Å². The summed E-state index contributed by atoms with van der Waals surface area (Å²) >= 11 is 0. The number of aliphatic hydroxyl groups excluding tert-OH is 1. The van der Waals surface area contributed by atoms with Gasteiger partial charge in [0.05, 0.1) is 25.8 Å². The number of methoxy groups -OCH3 is 2. The van der Waals surface area contributed by atoms with Crippen molar-refractivity contribution in [3.05, 3.63) is 41.0 Å². The van der Waals surface area contributed by atoms with Gasteiger partial charge in [-0.15, -0.1) is 0 Å². The predicted molar refractivity (Wildman–Crippen MR) is 99.8 cm³/mol. The fourth-order valence-corrected chi connectivity index (χ4v) is 2.86. The zero-order valence-corrected chi connectivity index (χ0v) is 15.8. The first kappa shape index (κ1) is 19.3. The first-order valence-corrected chi connectivity index (χ1v) is 8.68. The summed E-state index contributed by atoms with van der Waals surface area (Å²) in [5, 5.41) is 10.7. The number of carbonyl (C=O) groups excluding carboxylic acids is 2. The van der Waals surface area contributed by atoms with Crippen LogP contribution in [0.4, 0.5) is 0 Å². The van der Waals surface area contributed by atoms with Gasteiger partial charge in [-0.05, 0) is 31.0 Å². The molecule has 3 rings (SSSR count). The maximum Gasteiger partial charge on any atom is 0.328 e. The Bertz CT molecular complexity index is 927. The lowest BCUT2D eigenvalue weighted by Gasteiger charge is -2.16. The molecule has 146 valence electrons. The van der Waals surface area contributed by atoms with Crippen LogP contribution in [0.2, 0.25) is 0 Å². The number of ether oxygens (including phenoxy) is 3. The topological polar surface area (TPSA) is 108 Å². The molecular weight excluding hydrogens is 364 g/mol. The van der Waals surface area contributed by atoms with Gasteiger partial charge in [-0.3, -0.25) is 9.59 Å². The highest BCUT2D eigenvalue weighted by atomic mass is 16.5. The molecule has 1 aliphatic rings. The zero-order valence-electron chi connectivity index (χ0n) is 15.8. The maximum atomic E-state index is 12.2. The third kappa shape index (κ3) is 3.95. The van der Waals surface area contributed by atoms with Crippen molar-refractivity contribution in [3.63, 3.8) is 0 Å². The number of rotatable bonds is 5. The van der Waals surface area contributed by atoms with Gasteiger partial charge in [0.25, 0.3) is 0 Å². The molecule has 8 heteroatoms. The third-order valence-electron chi connectivity index (χ3n) is 4.27. The molecule has 0 atom stereocenters. The second-order valence-corrected chi connectivity index (χ2v) is 6.26. The number of aromatic nitrogens is 2. The summed E-state index contributed by atoms with van der Waals surface area (Å²) < 4.78 is 16.0. The Morgan fingerprint density at radius 2 is 1.61 bits per heavy atom. The molecular formula is C20H20N2O6. The number of ketones is 2. The van der Waals surface area contributed by atoms with Crippen molar-refractivity contribution in [2.45, 2.75) is 26.2 Å². The molecule has 1 N–H and O–H groups in total. The molecule has 1 saturated carbocycles. The number of carbonyl (C=O) groups is 2. The summed E-state index contributed by atoms with van der Waals surface area (Å²) in [6, 6.07) is 6.40. The number of aryl methyl sites for hydroxylation is 1. The average Bonchev–Trinajstić information content (AvgIpc) is 2.67. The standard InChI is InChI=1S/C20H20N2O6/c1-11-7-8-12(19(25)18-13(23)5-4-6-14(18)24)15(9-11)28-20-21-16(26-2)10-17(22-20)27-3/h7-10,25H,4-6H2,1-3H3. The number of hydrogen-bond donors (Lipinski definition) is 1. The molecule has 1 aliphatic carbocycles. The van der Waals surface area contributed by atoms with Gasteiger partial charge in [-0.25, -0.2) is 0 Å². The highest BCUT2D eigenvalue weighted by Gasteiger charge is 2.29. The predicted octanol–water partition coefficient (Wildman–Crippen LogP) is 3.19. The molecule has 0 bridgehead atoms. The van der Waals surface area contributed by atoms with E-state index in [4.69, 9.17) is 14.2 Å². The van der Waals surface area contributed by atoms with E-state index in [1.54, 1.807) is 18.2 Å². The molecule has 2 aromatic rings. The van der Waals surface area contributed by atoms with Crippen molar-refractivity contribution in [2.24, 2.45) is 0 Å². The molecule has 28 heavy (non-hydrogen) atoms. The molecule has 0 unspecified atom stereocenters. The van der Waals surface area contributed by atoms with Gasteiger partial charge in [0.1, 0.15) is 17.1 Å². The van der Waals surface area contributed by atoms with Crippen molar-refractivity contribution < 1.29 is 28.9 Å². The SMILES string of the molecule is COc1cc(OC)nc(Oc2cc(C)ccc2C(O)=C2C(=O)CCCC2=O)n1. The summed E-state index contributed by atoms with van der Waals surface area (Å²) in [7, 11) is 2.89. The number of aliphatic hydroxyl groups is 1. The third-order valence-corrected chi connectivity index (χ3v) is 4.27. The van der Waals surface area contributed by atoms with Gasteiger partial charge in [-0.2, -0.15) is 9.97 Å². The van der Waals surface area contributed by atoms with Crippen LogP contribution < -0.4 is 14.2 Å². The van der Waals surface area contributed by atoms with Gasteiger partial charge in [-0.1, -0.05) is 6.07 Å². The first-order chi connectivity index (χ1) is 13.4. The Morgan fingerprint density at radius 1 is 1.00 bits per heavy atom. The van der Waals surface area contributed by atoms with Crippen LogP contribution in [0.25, 0.3) is 5.76 Å². The minimum Gasteiger partial charge on any atom is -0.506 e. The van der Waals surface area contributed by atoms with Crippen LogP contribution in [0.5, 0.6) is 23.5 Å². The quantitative estimate of drug-likeness (QED) is 0.476. The molecule has 1 aromatic heterocycles. The summed E-state index contributed by atoms with van der Waals surface area (Å²) in [4.78, 5) is 32.6. The number of Topliss-reactive ketones (excluding diaryl/α,β-unsaturated/α-hetero) is 2. The minimum atomic E-state index is -0.403. The van der Waals surface area contributed by atoms with Crippen molar-refractivity contribution >= 4 is 17.3 Å². The zero-order chi connectivity index (χ0) is 20.3. The van der Waals surface area contributed by atoms with Crippen LogP contribution >= 0.6 is 0 Å². The van der Waals surface area contributed by atoms with Gasteiger partial charge in [0.2, 0.25) is 11.8 Å². The summed E-state index contributed by atoms with van der Waals surface area (Å²) in [6.07, 6.45) is 0.940. The van der Waals surface area contributed by atoms with Crippen molar-refractivity contribution in [1.82, 2.24) is 9.97 Å². The Hall–Kier alpha value is -3.42. The van der Waals surface area contributed by atoms with Gasteiger partial charge in [0.15, 0.2) is 11.6 Å². The fourth-order valence-electron chi connectivity index (χ4n) is 2.86. The van der Waals surface area contributed by atoms with Gasteiger partial charge >= 0.3 is 6.01 Å². The molecule has 1 fully saturated rings. The molecule has 0 saturated heterocycles. The largest absolute Gasteiger partial charge is 0.506 e. The van der Waals surface area contributed by atoms with Gasteiger partial charge < -0.3 is 19.3 Å². The second kappa shape index (κ2) is 8.08. The minimum absolute atomic E-state index is 0.0675. The number of nitrogens with zero attached hydrogens (tertiary/aromatic N) is 2. The molecule has 0 radical (unpaired) electrons. The monoisotopic (exact) mass is 384 g/mol. The Labute approximate surface area is 161 Å². The molecule has 1 aromatic carbocycles. The van der Waals surface area contributed by atoms with Crippen LogP contribution in [-0.2, 0) is 9.59 Å². The smallest absolute Gasteiger partial charge is 0.328 e. The van der Waals surface area contributed by atoms with Crippen molar-refractivity contribution in [3.8, 4) is 23.5 Å². The van der Waals surface area contributed by atoms with E-state index in [-0.39, 0.29) is 59.1 Å². The van der Waals surface area contributed by atoms with E-state index in [0.29, 0.717) is 6.42 Å². The number of hydrogen-bond acceptors (Lipinski definition) is 8. The first-order valence-electron chi connectivity index (χ1n) is 8.68. The maximum absolute atomic E-state index is 12.2. The molecule has 1 heterocycles. The van der Waals surface area contributed by atoms with E-state index in [9.17, 15) is 14.7 Å². The Balaban J connectivity index is 2.07. The molecule has 0 amide bonds. The Morgan fingerprint density at radius 3 is 2.18 bits per heavy atom. The van der Waals surface area contributed by atoms with Crippen LogP contribution in [0, 0.1) is 6.92 Å². The van der Waals surface area contributed by atoms with E-state index in [1.165, 1.54) is 20.3 Å². The fraction of sp³-hybridized carbons (Fsp3) is 0.300.